The van der Waals surface area contributed by atoms with Gasteiger partial charge in [-0.2, -0.15) is 0 Å². The van der Waals surface area contributed by atoms with E-state index in [1.165, 1.54) is 6.26 Å². The van der Waals surface area contributed by atoms with Gasteiger partial charge in [0.15, 0.2) is 0 Å². The number of amides is 1. The predicted octanol–water partition coefficient (Wildman–Crippen LogP) is 1.62. The molecule has 0 bridgehead atoms. The molecule has 1 aromatic rings. The first-order valence-corrected chi connectivity index (χ1v) is 10.1. The molecule has 128 valence electrons. The van der Waals surface area contributed by atoms with Gasteiger partial charge in [0.05, 0.1) is 12.3 Å². The summed E-state index contributed by atoms with van der Waals surface area (Å²) in [6.07, 6.45) is 3.43. The number of benzene rings is 1. The summed E-state index contributed by atoms with van der Waals surface area (Å²) in [7, 11) is -3.14. The van der Waals surface area contributed by atoms with Gasteiger partial charge in [-0.1, -0.05) is 37.3 Å². The standard InChI is InChI=1S/C17H26N2O3S/c1-14-7-6-10-19(12-14)17(20)11-18-16(13-23(2,21)22)15-8-4-3-5-9-15/h3-5,8-9,14,16,18H,6-7,10-13H2,1-2H3/t14-,16+/m0/s1. The van der Waals surface area contributed by atoms with Crippen LogP contribution in [0.4, 0.5) is 0 Å². The van der Waals surface area contributed by atoms with Crippen LogP contribution in [0, 0.1) is 5.92 Å². The highest BCUT2D eigenvalue weighted by atomic mass is 32.2. The Morgan fingerprint density at radius 3 is 2.65 bits per heavy atom. The molecule has 0 aliphatic carbocycles. The number of rotatable bonds is 6. The number of hydrogen-bond acceptors (Lipinski definition) is 4. The van der Waals surface area contributed by atoms with Gasteiger partial charge in [0.1, 0.15) is 9.84 Å². The summed E-state index contributed by atoms with van der Waals surface area (Å²) < 4.78 is 23.3. The topological polar surface area (TPSA) is 66.5 Å². The summed E-state index contributed by atoms with van der Waals surface area (Å²) in [6, 6.07) is 9.05. The number of nitrogens with one attached hydrogen (secondary N) is 1. The Bertz CT molecular complexity index is 616. The van der Waals surface area contributed by atoms with E-state index in [0.717, 1.165) is 31.5 Å². The zero-order chi connectivity index (χ0) is 16.9. The second-order valence-electron chi connectivity index (χ2n) is 6.52. The monoisotopic (exact) mass is 338 g/mol. The van der Waals surface area contributed by atoms with Gasteiger partial charge in [-0.3, -0.25) is 4.79 Å². The van der Waals surface area contributed by atoms with Crippen LogP contribution in [-0.4, -0.2) is 50.9 Å². The Morgan fingerprint density at radius 2 is 2.04 bits per heavy atom. The van der Waals surface area contributed by atoms with Crippen LogP contribution in [0.15, 0.2) is 30.3 Å². The number of sulfone groups is 1. The van der Waals surface area contributed by atoms with Crippen molar-refractivity contribution < 1.29 is 13.2 Å². The zero-order valence-electron chi connectivity index (χ0n) is 13.9. The van der Waals surface area contributed by atoms with Crippen LogP contribution in [0.25, 0.3) is 0 Å². The summed E-state index contributed by atoms with van der Waals surface area (Å²) in [6.45, 7) is 3.92. The quantitative estimate of drug-likeness (QED) is 0.856. The molecule has 1 fully saturated rings. The highest BCUT2D eigenvalue weighted by Crippen LogP contribution is 2.17. The van der Waals surface area contributed by atoms with Crippen molar-refractivity contribution in [2.75, 3.05) is 31.6 Å². The third kappa shape index (κ3) is 5.95. The zero-order valence-corrected chi connectivity index (χ0v) is 14.7. The van der Waals surface area contributed by atoms with Gasteiger partial charge in [-0.05, 0) is 24.3 Å². The van der Waals surface area contributed by atoms with Crippen molar-refractivity contribution in [3.8, 4) is 0 Å². The second-order valence-corrected chi connectivity index (χ2v) is 8.71. The first-order valence-electron chi connectivity index (χ1n) is 8.09. The lowest BCUT2D eigenvalue weighted by molar-refractivity contribution is -0.132. The molecular weight excluding hydrogens is 312 g/mol. The van der Waals surface area contributed by atoms with Crippen molar-refractivity contribution in [2.45, 2.75) is 25.8 Å². The van der Waals surface area contributed by atoms with E-state index in [1.54, 1.807) is 0 Å². The van der Waals surface area contributed by atoms with Gasteiger partial charge in [-0.25, -0.2) is 8.42 Å². The number of carbonyl (C=O) groups excluding carboxylic acids is 1. The Labute approximate surface area is 139 Å². The third-order valence-electron chi connectivity index (χ3n) is 4.18. The maximum absolute atomic E-state index is 12.4. The first-order chi connectivity index (χ1) is 10.8. The molecule has 1 N–H and O–H groups in total. The summed E-state index contributed by atoms with van der Waals surface area (Å²) >= 11 is 0. The fraction of sp³-hybridized carbons (Fsp3) is 0.588. The summed E-state index contributed by atoms with van der Waals surface area (Å²) in [5.41, 5.74) is 0.887. The molecule has 0 unspecified atom stereocenters. The average Bonchev–Trinajstić information content (AvgIpc) is 2.51. The molecule has 1 saturated heterocycles. The molecule has 2 rings (SSSR count). The van der Waals surface area contributed by atoms with E-state index < -0.39 is 9.84 Å². The fourth-order valence-corrected chi connectivity index (χ4v) is 3.92. The molecule has 0 radical (unpaired) electrons. The molecule has 0 aromatic heterocycles. The van der Waals surface area contributed by atoms with E-state index in [4.69, 9.17) is 0 Å². The van der Waals surface area contributed by atoms with Crippen molar-refractivity contribution in [1.82, 2.24) is 10.2 Å². The summed E-state index contributed by atoms with van der Waals surface area (Å²) in [5, 5.41) is 3.13. The predicted molar refractivity (Wildman–Crippen MR) is 91.9 cm³/mol. The largest absolute Gasteiger partial charge is 0.341 e. The van der Waals surface area contributed by atoms with E-state index >= 15 is 0 Å². The Hall–Kier alpha value is -1.40. The van der Waals surface area contributed by atoms with Gasteiger partial charge in [0, 0.05) is 25.4 Å². The highest BCUT2D eigenvalue weighted by molar-refractivity contribution is 7.90. The molecule has 2 atom stereocenters. The minimum absolute atomic E-state index is 0.0132. The number of likely N-dealkylation sites (tertiary alicyclic amines) is 1. The number of piperidine rings is 1. The van der Waals surface area contributed by atoms with E-state index in [2.05, 4.69) is 12.2 Å². The second kappa shape index (κ2) is 7.93. The molecule has 1 amide bonds. The Balaban J connectivity index is 1.99. The molecule has 23 heavy (non-hydrogen) atoms. The SMILES string of the molecule is C[C@H]1CCCN(C(=O)CN[C@H](CS(C)(=O)=O)c2ccccc2)C1. The number of nitrogens with zero attached hydrogens (tertiary/aromatic N) is 1. The molecule has 1 heterocycles. The van der Waals surface area contributed by atoms with Crippen molar-refractivity contribution in [2.24, 2.45) is 5.92 Å². The lowest BCUT2D eigenvalue weighted by Crippen LogP contribution is -2.44. The average molecular weight is 338 g/mol. The molecule has 1 aliphatic heterocycles. The molecule has 1 aliphatic rings. The lowest BCUT2D eigenvalue weighted by Gasteiger charge is -2.31. The molecule has 5 nitrogen and oxygen atoms in total. The van der Waals surface area contributed by atoms with Crippen molar-refractivity contribution >= 4 is 15.7 Å². The van der Waals surface area contributed by atoms with Crippen molar-refractivity contribution in [1.29, 1.82) is 0 Å². The van der Waals surface area contributed by atoms with Gasteiger partial charge in [-0.15, -0.1) is 0 Å². The normalized spacial score (nSPS) is 20.3. The van der Waals surface area contributed by atoms with Gasteiger partial charge in [0.25, 0.3) is 0 Å². The molecule has 0 saturated carbocycles. The summed E-state index contributed by atoms with van der Waals surface area (Å²) in [5.74, 6) is 0.570. The fourth-order valence-electron chi connectivity index (χ4n) is 3.00. The lowest BCUT2D eigenvalue weighted by atomic mass is 10.0. The van der Waals surface area contributed by atoms with Gasteiger partial charge in [0.2, 0.25) is 5.91 Å². The van der Waals surface area contributed by atoms with E-state index in [9.17, 15) is 13.2 Å². The maximum Gasteiger partial charge on any atom is 0.236 e. The van der Waals surface area contributed by atoms with Crippen LogP contribution < -0.4 is 5.32 Å². The third-order valence-corrected chi connectivity index (χ3v) is 5.12. The first kappa shape index (κ1) is 17.9. The van der Waals surface area contributed by atoms with Crippen molar-refractivity contribution in [3.63, 3.8) is 0 Å². The molecule has 6 heteroatoms. The minimum Gasteiger partial charge on any atom is -0.341 e. The van der Waals surface area contributed by atoms with Gasteiger partial charge >= 0.3 is 0 Å². The van der Waals surface area contributed by atoms with E-state index in [-0.39, 0.29) is 24.2 Å². The van der Waals surface area contributed by atoms with Crippen LogP contribution >= 0.6 is 0 Å². The highest BCUT2D eigenvalue weighted by Gasteiger charge is 2.23. The van der Waals surface area contributed by atoms with Crippen molar-refractivity contribution in [3.05, 3.63) is 35.9 Å². The Morgan fingerprint density at radius 1 is 1.35 bits per heavy atom. The molecule has 1 aromatic carbocycles. The molecular formula is C17H26N2O3S. The summed E-state index contributed by atoms with van der Waals surface area (Å²) in [4.78, 5) is 14.2. The van der Waals surface area contributed by atoms with E-state index in [0.29, 0.717) is 5.92 Å². The van der Waals surface area contributed by atoms with Gasteiger partial charge < -0.3 is 10.2 Å². The molecule has 0 spiro atoms. The minimum atomic E-state index is -3.14. The van der Waals surface area contributed by atoms with Crippen LogP contribution in [0.2, 0.25) is 0 Å². The maximum atomic E-state index is 12.4. The van der Waals surface area contributed by atoms with Crippen LogP contribution in [-0.2, 0) is 14.6 Å². The number of carbonyl (C=O) groups is 1. The Kier molecular flexibility index (Phi) is 6.18. The van der Waals surface area contributed by atoms with Crippen LogP contribution in [0.1, 0.15) is 31.4 Å². The van der Waals surface area contributed by atoms with E-state index in [1.807, 2.05) is 35.2 Å². The number of hydrogen-bond donors (Lipinski definition) is 1. The van der Waals surface area contributed by atoms with Crippen LogP contribution in [0.3, 0.4) is 0 Å². The van der Waals surface area contributed by atoms with Crippen LogP contribution in [0.5, 0.6) is 0 Å². The smallest absolute Gasteiger partial charge is 0.236 e.